The highest BCUT2D eigenvalue weighted by molar-refractivity contribution is 9.10. The predicted molar refractivity (Wildman–Crippen MR) is 70.5 cm³/mol. The smallest absolute Gasteiger partial charge is 0.174 e. The van der Waals surface area contributed by atoms with Gasteiger partial charge in [0.05, 0.1) is 5.56 Å². The fourth-order valence-electron chi connectivity index (χ4n) is 1.83. The second-order valence-electron chi connectivity index (χ2n) is 3.96. The molecular weight excluding hydrogens is 318 g/mol. The SMILES string of the molecule is Nc1ccc2nnc(-c3c(F)cc(Br)cc3F)n2c1. The molecule has 3 rings (SSSR count). The fourth-order valence-corrected chi connectivity index (χ4v) is 2.24. The first-order valence-corrected chi connectivity index (χ1v) is 6.11. The fraction of sp³-hybridized carbons (Fsp3) is 0. The molecule has 2 N–H and O–H groups in total. The Balaban J connectivity index is 2.33. The number of nitrogens with two attached hydrogens (primary N) is 1. The van der Waals surface area contributed by atoms with Crippen molar-refractivity contribution in [3.8, 4) is 11.4 Å². The van der Waals surface area contributed by atoms with Crippen LogP contribution in [-0.2, 0) is 0 Å². The van der Waals surface area contributed by atoms with Gasteiger partial charge in [0.25, 0.3) is 0 Å². The third-order valence-corrected chi connectivity index (χ3v) is 3.11. The van der Waals surface area contributed by atoms with Gasteiger partial charge in [-0.25, -0.2) is 8.78 Å². The summed E-state index contributed by atoms with van der Waals surface area (Å²) in [5, 5.41) is 7.67. The summed E-state index contributed by atoms with van der Waals surface area (Å²) in [7, 11) is 0. The van der Waals surface area contributed by atoms with Gasteiger partial charge in [0.2, 0.25) is 0 Å². The monoisotopic (exact) mass is 324 g/mol. The van der Waals surface area contributed by atoms with Crippen LogP contribution in [0.25, 0.3) is 17.0 Å². The average molecular weight is 325 g/mol. The van der Waals surface area contributed by atoms with Crippen molar-refractivity contribution in [1.29, 1.82) is 0 Å². The zero-order valence-corrected chi connectivity index (χ0v) is 11.0. The standard InChI is InChI=1S/C12H7BrF2N4/c13-6-3-8(14)11(9(15)4-6)12-18-17-10-2-1-7(16)5-19(10)12/h1-5H,16H2. The van der Waals surface area contributed by atoms with Gasteiger partial charge in [-0.05, 0) is 24.3 Å². The number of halogens is 3. The summed E-state index contributed by atoms with van der Waals surface area (Å²) < 4.78 is 29.6. The largest absolute Gasteiger partial charge is 0.398 e. The van der Waals surface area contributed by atoms with Crippen LogP contribution >= 0.6 is 15.9 Å². The predicted octanol–water partition coefficient (Wildman–Crippen LogP) is 3.02. The molecule has 2 aromatic heterocycles. The third-order valence-electron chi connectivity index (χ3n) is 2.66. The van der Waals surface area contributed by atoms with E-state index in [2.05, 4.69) is 26.1 Å². The first-order chi connectivity index (χ1) is 9.06. The number of nitrogens with zero attached hydrogens (tertiary/aromatic N) is 3. The summed E-state index contributed by atoms with van der Waals surface area (Å²) in [6.45, 7) is 0. The lowest BCUT2D eigenvalue weighted by atomic mass is 10.2. The molecule has 0 bridgehead atoms. The van der Waals surface area contributed by atoms with Crippen molar-refractivity contribution in [2.45, 2.75) is 0 Å². The molecule has 19 heavy (non-hydrogen) atoms. The number of hydrogen-bond donors (Lipinski definition) is 1. The Kier molecular flexibility index (Phi) is 2.70. The molecule has 0 aliphatic carbocycles. The minimum Gasteiger partial charge on any atom is -0.398 e. The topological polar surface area (TPSA) is 56.2 Å². The molecule has 3 aromatic rings. The summed E-state index contributed by atoms with van der Waals surface area (Å²) in [6.07, 6.45) is 1.52. The van der Waals surface area contributed by atoms with Gasteiger partial charge >= 0.3 is 0 Å². The second kappa shape index (κ2) is 4.27. The molecule has 2 heterocycles. The van der Waals surface area contributed by atoms with Gasteiger partial charge in [-0.3, -0.25) is 4.40 Å². The number of benzene rings is 1. The van der Waals surface area contributed by atoms with E-state index in [0.717, 1.165) is 0 Å². The van der Waals surface area contributed by atoms with E-state index in [1.54, 1.807) is 12.1 Å². The second-order valence-corrected chi connectivity index (χ2v) is 4.87. The molecule has 0 spiro atoms. The Bertz CT molecular complexity index is 761. The van der Waals surface area contributed by atoms with E-state index < -0.39 is 11.6 Å². The first kappa shape index (κ1) is 12.0. The van der Waals surface area contributed by atoms with Gasteiger partial charge < -0.3 is 5.73 Å². The molecule has 0 amide bonds. The highest BCUT2D eigenvalue weighted by Gasteiger charge is 2.18. The molecule has 96 valence electrons. The van der Waals surface area contributed by atoms with Gasteiger partial charge in [-0.2, -0.15) is 0 Å². The molecule has 1 aromatic carbocycles. The maximum absolute atomic E-state index is 13.9. The third kappa shape index (κ3) is 1.95. The van der Waals surface area contributed by atoms with Crippen molar-refractivity contribution >= 4 is 27.3 Å². The highest BCUT2D eigenvalue weighted by Crippen LogP contribution is 2.28. The molecule has 0 unspecified atom stereocenters. The number of nitrogen functional groups attached to an aromatic ring is 1. The Labute approximate surface area is 115 Å². The molecule has 0 radical (unpaired) electrons. The number of fused-ring (bicyclic) bond motifs is 1. The number of pyridine rings is 1. The summed E-state index contributed by atoms with van der Waals surface area (Å²) in [5.74, 6) is -1.36. The zero-order chi connectivity index (χ0) is 13.6. The molecule has 0 fully saturated rings. The van der Waals surface area contributed by atoms with E-state index in [9.17, 15) is 8.78 Å². The van der Waals surface area contributed by atoms with Crippen molar-refractivity contribution in [3.63, 3.8) is 0 Å². The van der Waals surface area contributed by atoms with Crippen LogP contribution in [-0.4, -0.2) is 14.6 Å². The van der Waals surface area contributed by atoms with Crippen LogP contribution < -0.4 is 5.73 Å². The number of anilines is 1. The Morgan fingerprint density at radius 2 is 1.79 bits per heavy atom. The molecule has 0 aliphatic heterocycles. The summed E-state index contributed by atoms with van der Waals surface area (Å²) >= 11 is 3.03. The molecule has 0 atom stereocenters. The van der Waals surface area contributed by atoms with Gasteiger partial charge in [-0.15, -0.1) is 10.2 Å². The van der Waals surface area contributed by atoms with E-state index >= 15 is 0 Å². The number of rotatable bonds is 1. The zero-order valence-electron chi connectivity index (χ0n) is 9.44. The highest BCUT2D eigenvalue weighted by atomic mass is 79.9. The van der Waals surface area contributed by atoms with E-state index in [-0.39, 0.29) is 11.4 Å². The lowest BCUT2D eigenvalue weighted by molar-refractivity contribution is 0.585. The molecular formula is C12H7BrF2N4. The van der Waals surface area contributed by atoms with Gasteiger partial charge in [0, 0.05) is 16.4 Å². The lowest BCUT2D eigenvalue weighted by Gasteiger charge is -2.04. The molecule has 7 heteroatoms. The summed E-state index contributed by atoms with van der Waals surface area (Å²) in [6, 6.07) is 5.61. The van der Waals surface area contributed by atoms with E-state index in [0.29, 0.717) is 15.8 Å². The van der Waals surface area contributed by atoms with Crippen LogP contribution in [0.2, 0.25) is 0 Å². The number of aromatic nitrogens is 3. The Morgan fingerprint density at radius 3 is 2.47 bits per heavy atom. The van der Waals surface area contributed by atoms with Crippen LogP contribution in [0.1, 0.15) is 0 Å². The van der Waals surface area contributed by atoms with Crippen LogP contribution in [0.15, 0.2) is 34.9 Å². The van der Waals surface area contributed by atoms with E-state index in [1.165, 1.54) is 22.7 Å². The summed E-state index contributed by atoms with van der Waals surface area (Å²) in [5.41, 5.74) is 6.34. The van der Waals surface area contributed by atoms with Crippen LogP contribution in [0, 0.1) is 11.6 Å². The van der Waals surface area contributed by atoms with E-state index in [1.807, 2.05) is 0 Å². The van der Waals surface area contributed by atoms with Gasteiger partial charge in [0.1, 0.15) is 11.6 Å². The Hall–Kier alpha value is -2.02. The minimum absolute atomic E-state index is 0.0739. The molecule has 0 saturated heterocycles. The maximum atomic E-state index is 13.9. The van der Waals surface area contributed by atoms with E-state index in [4.69, 9.17) is 5.73 Å². The van der Waals surface area contributed by atoms with Crippen molar-refractivity contribution in [2.75, 3.05) is 5.73 Å². The average Bonchev–Trinajstić information content (AvgIpc) is 2.71. The normalized spacial score (nSPS) is 11.1. The molecule has 0 saturated carbocycles. The maximum Gasteiger partial charge on any atom is 0.174 e. The Morgan fingerprint density at radius 1 is 1.11 bits per heavy atom. The van der Waals surface area contributed by atoms with Crippen LogP contribution in [0.3, 0.4) is 0 Å². The molecule has 4 nitrogen and oxygen atoms in total. The minimum atomic E-state index is -0.719. The first-order valence-electron chi connectivity index (χ1n) is 5.31. The lowest BCUT2D eigenvalue weighted by Crippen LogP contribution is -1.97. The summed E-state index contributed by atoms with van der Waals surface area (Å²) in [4.78, 5) is 0. The molecule has 0 aliphatic rings. The van der Waals surface area contributed by atoms with Crippen LogP contribution in [0.4, 0.5) is 14.5 Å². The van der Waals surface area contributed by atoms with Crippen molar-refractivity contribution in [1.82, 2.24) is 14.6 Å². The van der Waals surface area contributed by atoms with Crippen molar-refractivity contribution in [2.24, 2.45) is 0 Å². The number of hydrogen-bond acceptors (Lipinski definition) is 3. The van der Waals surface area contributed by atoms with Gasteiger partial charge in [-0.1, -0.05) is 15.9 Å². The quantitative estimate of drug-likeness (QED) is 0.748. The van der Waals surface area contributed by atoms with Crippen molar-refractivity contribution < 1.29 is 8.78 Å². The van der Waals surface area contributed by atoms with Gasteiger partial charge in [0.15, 0.2) is 11.5 Å². The van der Waals surface area contributed by atoms with Crippen molar-refractivity contribution in [3.05, 3.63) is 46.6 Å². The van der Waals surface area contributed by atoms with Crippen LogP contribution in [0.5, 0.6) is 0 Å².